The van der Waals surface area contributed by atoms with E-state index in [2.05, 4.69) is 32.6 Å². The molecule has 0 aliphatic carbocycles. The first-order valence-corrected chi connectivity index (χ1v) is 10.5. The minimum absolute atomic E-state index is 0.333. The number of nitrogens with zero attached hydrogens (tertiary/aromatic N) is 4. The number of carbonyl (C=O) groups is 1. The minimum Gasteiger partial charge on any atom is -0.443 e. The lowest BCUT2D eigenvalue weighted by Gasteiger charge is -2.24. The van der Waals surface area contributed by atoms with Crippen LogP contribution in [0.4, 0.5) is 15.0 Å². The zero-order chi connectivity index (χ0) is 21.2. The molecule has 5 rings (SSSR count). The summed E-state index contributed by atoms with van der Waals surface area (Å²) in [5.41, 5.74) is 2.66. The minimum atomic E-state index is -0.608. The number of carbonyl (C=O) groups excluding carboxylic acids is 1. The molecule has 1 aromatic carbocycles. The molecule has 6 nitrogen and oxygen atoms in total. The van der Waals surface area contributed by atoms with E-state index >= 15 is 0 Å². The fourth-order valence-electron chi connectivity index (χ4n) is 3.82. The van der Waals surface area contributed by atoms with Gasteiger partial charge >= 0.3 is 6.09 Å². The van der Waals surface area contributed by atoms with Crippen molar-refractivity contribution in [1.82, 2.24) is 14.4 Å². The number of anilines is 1. The Morgan fingerprint density at radius 1 is 1.20 bits per heavy atom. The molecule has 30 heavy (non-hydrogen) atoms. The molecule has 1 aliphatic rings. The predicted octanol–water partition coefficient (Wildman–Crippen LogP) is 5.55. The number of halogens is 2. The van der Waals surface area contributed by atoms with E-state index in [0.29, 0.717) is 18.0 Å². The van der Waals surface area contributed by atoms with Crippen LogP contribution in [0.1, 0.15) is 26.3 Å². The molecule has 4 aromatic rings. The summed E-state index contributed by atoms with van der Waals surface area (Å²) in [5.74, 6) is 0.260. The van der Waals surface area contributed by atoms with E-state index in [0.717, 1.165) is 31.2 Å². The van der Waals surface area contributed by atoms with Gasteiger partial charge < -0.3 is 4.74 Å². The summed E-state index contributed by atoms with van der Waals surface area (Å²) in [4.78, 5) is 23.4. The van der Waals surface area contributed by atoms with Crippen LogP contribution in [0.25, 0.3) is 27.7 Å². The molecule has 152 valence electrons. The Hall–Kier alpha value is -2.75. The number of fused-ring (bicyclic) bond motifs is 1. The van der Waals surface area contributed by atoms with Gasteiger partial charge in [0.25, 0.3) is 0 Å². The van der Waals surface area contributed by atoms with Crippen molar-refractivity contribution in [3.05, 3.63) is 57.8 Å². The van der Waals surface area contributed by atoms with Crippen LogP contribution in [0.2, 0.25) is 0 Å². The number of hydrogen-bond donors (Lipinski definition) is 0. The summed E-state index contributed by atoms with van der Waals surface area (Å²) in [6, 6.07) is 6.85. The fraction of sp³-hybridized carbons (Fsp3) is 0.227. The van der Waals surface area contributed by atoms with E-state index in [1.165, 1.54) is 12.1 Å². The zero-order valence-corrected chi connectivity index (χ0v) is 18.8. The Kier molecular flexibility index (Phi) is 4.25. The highest BCUT2D eigenvalue weighted by Gasteiger charge is 2.33. The highest BCUT2D eigenvalue weighted by Crippen LogP contribution is 2.43. The van der Waals surface area contributed by atoms with Crippen molar-refractivity contribution in [3.63, 3.8) is 0 Å². The van der Waals surface area contributed by atoms with Gasteiger partial charge in [0, 0.05) is 38.4 Å². The van der Waals surface area contributed by atoms with Crippen molar-refractivity contribution >= 4 is 50.9 Å². The van der Waals surface area contributed by atoms with E-state index in [1.807, 2.05) is 37.3 Å². The molecule has 1 aliphatic heterocycles. The molecule has 0 atom stereocenters. The molecule has 4 heterocycles. The summed E-state index contributed by atoms with van der Waals surface area (Å²) in [7, 11) is 0. The first-order chi connectivity index (χ1) is 14.2. The Morgan fingerprint density at radius 3 is 2.77 bits per heavy atom. The number of hydrogen-bond acceptors (Lipinski definition) is 4. The monoisotopic (exact) mass is 516 g/mol. The van der Waals surface area contributed by atoms with E-state index in [-0.39, 0.29) is 5.82 Å². The van der Waals surface area contributed by atoms with E-state index in [4.69, 9.17) is 4.74 Å². The molecule has 0 unspecified atom stereocenters. The van der Waals surface area contributed by atoms with Crippen molar-refractivity contribution in [1.29, 1.82) is 0 Å². The van der Waals surface area contributed by atoms with Gasteiger partial charge in [-0.15, -0.1) is 0 Å². The van der Waals surface area contributed by atoms with Crippen LogP contribution >= 0.6 is 22.6 Å². The quantitative estimate of drug-likeness (QED) is 0.312. The topological polar surface area (TPSA) is 59.7 Å². The third-order valence-electron chi connectivity index (χ3n) is 5.03. The Balaban J connectivity index is 1.70. The van der Waals surface area contributed by atoms with Crippen molar-refractivity contribution < 1.29 is 13.9 Å². The molecular weight excluding hydrogens is 498 g/mol. The molecule has 0 saturated heterocycles. The highest BCUT2D eigenvalue weighted by atomic mass is 127. The van der Waals surface area contributed by atoms with Crippen molar-refractivity contribution in [3.8, 4) is 11.3 Å². The molecular formula is C22H18FIN4O2. The second-order valence-corrected chi connectivity index (χ2v) is 9.39. The normalized spacial score (nSPS) is 13.4. The van der Waals surface area contributed by atoms with Crippen LogP contribution in [0.3, 0.4) is 0 Å². The molecule has 8 heteroatoms. The number of aromatic nitrogens is 3. The van der Waals surface area contributed by atoms with Gasteiger partial charge in [-0.25, -0.2) is 19.2 Å². The first-order valence-electron chi connectivity index (χ1n) is 9.46. The van der Waals surface area contributed by atoms with Crippen LogP contribution < -0.4 is 4.90 Å². The van der Waals surface area contributed by atoms with Crippen molar-refractivity contribution in [2.75, 3.05) is 4.90 Å². The zero-order valence-electron chi connectivity index (χ0n) is 16.6. The first kappa shape index (κ1) is 19.2. The van der Waals surface area contributed by atoms with E-state index < -0.39 is 11.7 Å². The molecule has 1 amide bonds. The lowest BCUT2D eigenvalue weighted by Crippen LogP contribution is -2.35. The largest absolute Gasteiger partial charge is 0.443 e. The third kappa shape index (κ3) is 3.01. The second-order valence-electron chi connectivity index (χ2n) is 8.23. The maximum absolute atomic E-state index is 13.6. The summed E-state index contributed by atoms with van der Waals surface area (Å²) in [6.07, 6.45) is 4.73. The summed E-state index contributed by atoms with van der Waals surface area (Å²) >= 11 is 2.25. The molecule has 0 bridgehead atoms. The SMILES string of the molecule is CC(C)(C)OC(=O)N1Cc2c(-c3cnc4cc(F)ccn34)ccc3c(I)cnc1c23. The van der Waals surface area contributed by atoms with Gasteiger partial charge in [0.15, 0.2) is 0 Å². The van der Waals surface area contributed by atoms with E-state index in [9.17, 15) is 9.18 Å². The number of imidazole rings is 1. The van der Waals surface area contributed by atoms with Gasteiger partial charge in [-0.1, -0.05) is 12.1 Å². The molecule has 0 radical (unpaired) electrons. The number of benzene rings is 1. The standard InChI is InChI=1S/C22H18FIN4O2/c1-22(2,3)30-21(29)28-11-15-13(4-5-14-16(24)9-26-20(28)19(14)15)17-10-25-18-8-12(23)6-7-27(17)18/h4-10H,11H2,1-3H3. The number of pyridine rings is 2. The Bertz CT molecular complexity index is 1340. The fourth-order valence-corrected chi connectivity index (χ4v) is 4.41. The maximum atomic E-state index is 13.6. The average Bonchev–Trinajstić information content (AvgIpc) is 3.25. The molecule has 3 aromatic heterocycles. The Labute approximate surface area is 185 Å². The highest BCUT2D eigenvalue weighted by molar-refractivity contribution is 14.1. The van der Waals surface area contributed by atoms with Crippen LogP contribution in [0.5, 0.6) is 0 Å². The molecule has 0 spiro atoms. The molecule has 0 N–H and O–H groups in total. The van der Waals surface area contributed by atoms with Crippen LogP contribution in [0.15, 0.2) is 42.9 Å². The Morgan fingerprint density at radius 2 is 2.00 bits per heavy atom. The lowest BCUT2D eigenvalue weighted by molar-refractivity contribution is 0.0578. The van der Waals surface area contributed by atoms with Crippen LogP contribution in [0, 0.1) is 9.39 Å². The van der Waals surface area contributed by atoms with Crippen molar-refractivity contribution in [2.45, 2.75) is 32.9 Å². The number of amides is 1. The average molecular weight is 516 g/mol. The van der Waals surface area contributed by atoms with Gasteiger partial charge in [-0.05, 0) is 55.0 Å². The van der Waals surface area contributed by atoms with Crippen LogP contribution in [-0.4, -0.2) is 26.1 Å². The molecule has 0 saturated carbocycles. The predicted molar refractivity (Wildman–Crippen MR) is 121 cm³/mol. The lowest BCUT2D eigenvalue weighted by atomic mass is 10.00. The number of ether oxygens (including phenoxy) is 1. The number of rotatable bonds is 1. The van der Waals surface area contributed by atoms with E-state index in [1.54, 1.807) is 23.5 Å². The second kappa shape index (κ2) is 6.63. The smallest absolute Gasteiger partial charge is 0.416 e. The maximum Gasteiger partial charge on any atom is 0.416 e. The summed E-state index contributed by atoms with van der Waals surface area (Å²) < 4.78 is 22.1. The summed E-state index contributed by atoms with van der Waals surface area (Å²) in [6.45, 7) is 5.87. The van der Waals surface area contributed by atoms with Gasteiger partial charge in [-0.3, -0.25) is 9.30 Å². The van der Waals surface area contributed by atoms with Gasteiger partial charge in [0.2, 0.25) is 0 Å². The summed E-state index contributed by atoms with van der Waals surface area (Å²) in [5, 5.41) is 1.97. The molecule has 0 fully saturated rings. The van der Waals surface area contributed by atoms with Crippen molar-refractivity contribution in [2.24, 2.45) is 0 Å². The van der Waals surface area contributed by atoms with Gasteiger partial charge in [0.05, 0.1) is 18.4 Å². The third-order valence-corrected chi connectivity index (χ3v) is 5.89. The van der Waals surface area contributed by atoms with Crippen LogP contribution in [-0.2, 0) is 11.3 Å². The van der Waals surface area contributed by atoms with Gasteiger partial charge in [-0.2, -0.15) is 0 Å². The van der Waals surface area contributed by atoms with Gasteiger partial charge in [0.1, 0.15) is 22.9 Å².